The van der Waals surface area contributed by atoms with Gasteiger partial charge in [-0.25, -0.2) is 15.0 Å². The van der Waals surface area contributed by atoms with Crippen LogP contribution in [0.25, 0.3) is 33.1 Å². The van der Waals surface area contributed by atoms with E-state index in [-0.39, 0.29) is 11.9 Å². The lowest BCUT2D eigenvalue weighted by Gasteiger charge is -2.12. The maximum absolute atomic E-state index is 12.7. The molecule has 0 aliphatic rings. The van der Waals surface area contributed by atoms with Crippen LogP contribution in [0, 0.1) is 32.6 Å². The van der Waals surface area contributed by atoms with Crippen molar-refractivity contribution < 1.29 is 4.79 Å². The second kappa shape index (κ2) is 10.00. The molecule has 9 nitrogen and oxygen atoms in total. The first-order valence-electron chi connectivity index (χ1n) is 12.3. The third-order valence-corrected chi connectivity index (χ3v) is 6.57. The maximum Gasteiger partial charge on any atom is 0.242 e. The maximum atomic E-state index is 12.7. The molecule has 190 valence electrons. The summed E-state index contributed by atoms with van der Waals surface area (Å²) in [6, 6.07) is 11.3. The van der Waals surface area contributed by atoms with E-state index in [1.54, 1.807) is 24.9 Å². The van der Waals surface area contributed by atoms with Crippen molar-refractivity contribution in [3.8, 4) is 23.1 Å². The minimum Gasteiger partial charge on any atom is -0.309 e. The van der Waals surface area contributed by atoms with Gasteiger partial charge in [-0.15, -0.1) is 0 Å². The number of pyridine rings is 2. The first-order valence-corrected chi connectivity index (χ1v) is 12.3. The van der Waals surface area contributed by atoms with Gasteiger partial charge in [-0.1, -0.05) is 12.0 Å². The summed E-state index contributed by atoms with van der Waals surface area (Å²) >= 11 is 0. The standard InChI is InChI=1S/C29H28N8O/c1-16-24-10-8-20(13-21(24)11-12-31-16)7-9-23-14-22(15-25(34-23)35-29(38)17(2)30-5)27-26-18(3)37(6)36-28(26)33-19(4)32-27/h8,10-15,17,30H,1-6H3,(H,34,35,38)/t17-/m1/s1. The van der Waals surface area contributed by atoms with Gasteiger partial charge < -0.3 is 10.6 Å². The Balaban J connectivity index is 1.64. The number of aromatic nitrogens is 6. The number of anilines is 1. The fourth-order valence-corrected chi connectivity index (χ4v) is 4.25. The first kappa shape index (κ1) is 25.0. The minimum absolute atomic E-state index is 0.198. The number of aryl methyl sites for hydroxylation is 4. The molecule has 0 aliphatic heterocycles. The summed E-state index contributed by atoms with van der Waals surface area (Å²) in [5, 5.41) is 13.4. The van der Waals surface area contributed by atoms with Crippen molar-refractivity contribution in [2.45, 2.75) is 33.7 Å². The molecule has 9 heteroatoms. The molecule has 0 radical (unpaired) electrons. The number of rotatable bonds is 4. The molecule has 0 unspecified atom stereocenters. The van der Waals surface area contributed by atoms with E-state index < -0.39 is 0 Å². The number of likely N-dealkylation sites (N-methyl/N-ethyl adjacent to an activating group) is 1. The van der Waals surface area contributed by atoms with Crippen LogP contribution in [-0.2, 0) is 11.8 Å². The largest absolute Gasteiger partial charge is 0.309 e. The van der Waals surface area contributed by atoms with Crippen LogP contribution in [0.5, 0.6) is 0 Å². The van der Waals surface area contributed by atoms with Crippen LogP contribution < -0.4 is 10.6 Å². The summed E-state index contributed by atoms with van der Waals surface area (Å²) in [5.74, 6) is 7.20. The van der Waals surface area contributed by atoms with Crippen molar-refractivity contribution in [1.82, 2.24) is 35.0 Å². The van der Waals surface area contributed by atoms with E-state index in [0.717, 1.165) is 44.4 Å². The van der Waals surface area contributed by atoms with E-state index in [2.05, 4.69) is 42.5 Å². The fourth-order valence-electron chi connectivity index (χ4n) is 4.25. The quantitative estimate of drug-likeness (QED) is 0.358. The second-order valence-electron chi connectivity index (χ2n) is 9.24. The zero-order valence-corrected chi connectivity index (χ0v) is 22.2. The second-order valence-corrected chi connectivity index (χ2v) is 9.24. The minimum atomic E-state index is -0.390. The van der Waals surface area contributed by atoms with E-state index in [1.165, 1.54) is 0 Å². The van der Waals surface area contributed by atoms with Crippen LogP contribution in [0.1, 0.15) is 35.4 Å². The molecule has 5 rings (SSSR count). The Morgan fingerprint density at radius 1 is 1.03 bits per heavy atom. The van der Waals surface area contributed by atoms with Crippen molar-refractivity contribution in [3.05, 3.63) is 71.1 Å². The predicted molar refractivity (Wildman–Crippen MR) is 149 cm³/mol. The fraction of sp³-hybridized carbons (Fsp3) is 0.241. The number of hydrogen-bond acceptors (Lipinski definition) is 7. The molecule has 0 saturated heterocycles. The van der Waals surface area contributed by atoms with Crippen LogP contribution in [0.2, 0.25) is 0 Å². The average Bonchev–Trinajstić information content (AvgIpc) is 3.18. The Hall–Kier alpha value is -4.68. The summed E-state index contributed by atoms with van der Waals surface area (Å²) in [7, 11) is 3.61. The summed E-state index contributed by atoms with van der Waals surface area (Å²) in [6.07, 6.45) is 1.80. The summed E-state index contributed by atoms with van der Waals surface area (Å²) < 4.78 is 1.79. The Morgan fingerprint density at radius 2 is 1.84 bits per heavy atom. The highest BCUT2D eigenvalue weighted by Crippen LogP contribution is 2.30. The zero-order chi connectivity index (χ0) is 27.0. The predicted octanol–water partition coefficient (Wildman–Crippen LogP) is 3.84. The van der Waals surface area contributed by atoms with Crippen LogP contribution in [0.15, 0.2) is 42.6 Å². The Kier molecular flexibility index (Phi) is 6.57. The van der Waals surface area contributed by atoms with Gasteiger partial charge in [-0.2, -0.15) is 5.10 Å². The van der Waals surface area contributed by atoms with E-state index in [4.69, 9.17) is 4.98 Å². The molecule has 4 heterocycles. The molecule has 2 N–H and O–H groups in total. The molecular weight excluding hydrogens is 476 g/mol. The number of carbonyl (C=O) groups is 1. The summed E-state index contributed by atoms with van der Waals surface area (Å²) in [4.78, 5) is 30.9. The van der Waals surface area contributed by atoms with Crippen LogP contribution in [0.3, 0.4) is 0 Å². The van der Waals surface area contributed by atoms with Gasteiger partial charge in [0.15, 0.2) is 5.65 Å². The Bertz CT molecular complexity index is 1780. The highest BCUT2D eigenvalue weighted by atomic mass is 16.2. The zero-order valence-electron chi connectivity index (χ0n) is 22.2. The van der Waals surface area contributed by atoms with Crippen molar-refractivity contribution in [2.75, 3.05) is 12.4 Å². The highest BCUT2D eigenvalue weighted by molar-refractivity contribution is 5.96. The van der Waals surface area contributed by atoms with Crippen LogP contribution >= 0.6 is 0 Å². The number of nitrogens with one attached hydrogen (secondary N) is 2. The monoisotopic (exact) mass is 504 g/mol. The van der Waals surface area contributed by atoms with Gasteiger partial charge in [0.1, 0.15) is 17.3 Å². The molecule has 5 aromatic rings. The molecule has 0 spiro atoms. The number of fused-ring (bicyclic) bond motifs is 2. The third kappa shape index (κ3) is 4.82. The van der Waals surface area contributed by atoms with E-state index in [1.807, 2.05) is 64.2 Å². The van der Waals surface area contributed by atoms with Gasteiger partial charge in [0.05, 0.1) is 17.1 Å². The molecule has 1 atom stereocenters. The average molecular weight is 505 g/mol. The van der Waals surface area contributed by atoms with Crippen LogP contribution in [-0.4, -0.2) is 48.7 Å². The lowest BCUT2D eigenvalue weighted by Crippen LogP contribution is -2.35. The molecular formula is C29H28N8O. The molecule has 4 aromatic heterocycles. The van der Waals surface area contributed by atoms with E-state index in [9.17, 15) is 4.79 Å². The number of carbonyl (C=O) groups excluding carboxylic acids is 1. The smallest absolute Gasteiger partial charge is 0.242 e. The van der Waals surface area contributed by atoms with Crippen LogP contribution in [0.4, 0.5) is 5.82 Å². The van der Waals surface area contributed by atoms with Crippen molar-refractivity contribution in [1.29, 1.82) is 0 Å². The molecule has 38 heavy (non-hydrogen) atoms. The van der Waals surface area contributed by atoms with Gasteiger partial charge in [-0.3, -0.25) is 14.5 Å². The summed E-state index contributed by atoms with van der Waals surface area (Å²) in [6.45, 7) is 7.59. The van der Waals surface area contributed by atoms with Gasteiger partial charge >= 0.3 is 0 Å². The summed E-state index contributed by atoms with van der Waals surface area (Å²) in [5.41, 5.74) is 5.38. The van der Waals surface area contributed by atoms with Crippen molar-refractivity contribution in [3.63, 3.8) is 0 Å². The lowest BCUT2D eigenvalue weighted by molar-refractivity contribution is -0.117. The Labute approximate surface area is 220 Å². The van der Waals surface area contributed by atoms with Gasteiger partial charge in [0.2, 0.25) is 5.91 Å². The highest BCUT2D eigenvalue weighted by Gasteiger charge is 2.18. The molecule has 0 bridgehead atoms. The van der Waals surface area contributed by atoms with Crippen molar-refractivity contribution >= 4 is 33.5 Å². The lowest BCUT2D eigenvalue weighted by atomic mass is 10.1. The van der Waals surface area contributed by atoms with Gasteiger partial charge in [0.25, 0.3) is 0 Å². The molecule has 0 aliphatic carbocycles. The number of hydrogen-bond donors (Lipinski definition) is 2. The van der Waals surface area contributed by atoms with Crippen molar-refractivity contribution in [2.24, 2.45) is 7.05 Å². The number of benzene rings is 1. The Morgan fingerprint density at radius 3 is 2.63 bits per heavy atom. The molecule has 1 amide bonds. The number of nitrogens with zero attached hydrogens (tertiary/aromatic N) is 6. The molecule has 1 aromatic carbocycles. The SMILES string of the molecule is CN[C@H](C)C(=O)Nc1cc(-c2nc(C)nc3nn(C)c(C)c23)cc(C#Cc2ccc3c(C)nccc3c2)n1. The normalized spacial score (nSPS) is 11.8. The van der Waals surface area contributed by atoms with Gasteiger partial charge in [-0.05, 0) is 76.4 Å². The van der Waals surface area contributed by atoms with E-state index >= 15 is 0 Å². The first-order chi connectivity index (χ1) is 18.2. The molecule has 0 fully saturated rings. The third-order valence-electron chi connectivity index (χ3n) is 6.57. The topological polar surface area (TPSA) is 111 Å². The number of amides is 1. The molecule has 0 saturated carbocycles. The van der Waals surface area contributed by atoms with E-state index in [0.29, 0.717) is 23.0 Å². The van der Waals surface area contributed by atoms with Gasteiger partial charge in [0, 0.05) is 41.1 Å².